The van der Waals surface area contributed by atoms with Gasteiger partial charge >= 0.3 is 0 Å². The van der Waals surface area contributed by atoms with E-state index in [0.29, 0.717) is 24.4 Å². The third-order valence-electron chi connectivity index (χ3n) is 2.50. The Morgan fingerprint density at radius 2 is 2.18 bits per heavy atom. The number of nitrogens with one attached hydrogen (secondary N) is 1. The zero-order valence-corrected chi connectivity index (χ0v) is 10.1. The van der Waals surface area contributed by atoms with Gasteiger partial charge in [0.2, 0.25) is 11.8 Å². The Morgan fingerprint density at radius 1 is 1.35 bits per heavy atom. The smallest absolute Gasteiger partial charge is 0.230 e. The van der Waals surface area contributed by atoms with Gasteiger partial charge in [-0.15, -0.1) is 10.2 Å². The van der Waals surface area contributed by atoms with Crippen LogP contribution >= 0.6 is 0 Å². The monoisotopic (exact) mass is 235 g/mol. The summed E-state index contributed by atoms with van der Waals surface area (Å²) in [7, 11) is 0. The molecule has 2 aromatic rings. The van der Waals surface area contributed by atoms with Crippen molar-refractivity contribution in [3.63, 3.8) is 0 Å². The lowest BCUT2D eigenvalue weighted by atomic mass is 10.2. The van der Waals surface area contributed by atoms with E-state index in [1.807, 2.05) is 19.1 Å². The summed E-state index contributed by atoms with van der Waals surface area (Å²) in [6, 6.07) is 4.17. The highest BCUT2D eigenvalue weighted by Crippen LogP contribution is 2.05. The lowest BCUT2D eigenvalue weighted by Gasteiger charge is -2.09. The van der Waals surface area contributed by atoms with Gasteiger partial charge in [-0.1, -0.05) is 6.92 Å². The van der Waals surface area contributed by atoms with Crippen LogP contribution in [-0.4, -0.2) is 16.2 Å². The molecule has 17 heavy (non-hydrogen) atoms. The quantitative estimate of drug-likeness (QED) is 0.829. The number of hydrogen-bond donors (Lipinski definition) is 1. The van der Waals surface area contributed by atoms with Crippen molar-refractivity contribution in [2.24, 2.45) is 0 Å². The Balaban J connectivity index is 1.77. The maximum absolute atomic E-state index is 5.41. The SMILES string of the molecule is CCc1nnc(CN[C@H](C)Cc2ccco2)o1. The van der Waals surface area contributed by atoms with E-state index in [1.165, 1.54) is 0 Å². The Hall–Kier alpha value is -1.62. The van der Waals surface area contributed by atoms with E-state index in [4.69, 9.17) is 8.83 Å². The van der Waals surface area contributed by atoms with Crippen molar-refractivity contribution in [2.45, 2.75) is 39.3 Å². The minimum absolute atomic E-state index is 0.304. The van der Waals surface area contributed by atoms with Gasteiger partial charge in [0.25, 0.3) is 0 Å². The van der Waals surface area contributed by atoms with Crippen LogP contribution in [0.25, 0.3) is 0 Å². The summed E-state index contributed by atoms with van der Waals surface area (Å²) in [4.78, 5) is 0. The van der Waals surface area contributed by atoms with Gasteiger partial charge in [0.1, 0.15) is 5.76 Å². The van der Waals surface area contributed by atoms with E-state index in [-0.39, 0.29) is 0 Å². The lowest BCUT2D eigenvalue weighted by Crippen LogP contribution is -2.27. The first kappa shape index (κ1) is 11.9. The van der Waals surface area contributed by atoms with Gasteiger partial charge in [-0.2, -0.15) is 0 Å². The molecular weight excluding hydrogens is 218 g/mol. The Bertz CT molecular complexity index is 436. The third kappa shape index (κ3) is 3.42. The summed E-state index contributed by atoms with van der Waals surface area (Å²) < 4.78 is 10.7. The summed E-state index contributed by atoms with van der Waals surface area (Å²) in [5, 5.41) is 11.2. The van der Waals surface area contributed by atoms with E-state index in [1.54, 1.807) is 6.26 Å². The molecule has 0 aliphatic heterocycles. The number of nitrogens with zero attached hydrogens (tertiary/aromatic N) is 2. The van der Waals surface area contributed by atoms with Crippen molar-refractivity contribution in [2.75, 3.05) is 0 Å². The summed E-state index contributed by atoms with van der Waals surface area (Å²) in [5.74, 6) is 2.29. The van der Waals surface area contributed by atoms with Gasteiger partial charge in [0, 0.05) is 18.9 Å². The van der Waals surface area contributed by atoms with Gasteiger partial charge in [-0.3, -0.25) is 0 Å². The van der Waals surface area contributed by atoms with Gasteiger partial charge < -0.3 is 14.2 Å². The highest BCUT2D eigenvalue weighted by Gasteiger charge is 2.08. The first-order valence-electron chi connectivity index (χ1n) is 5.85. The molecule has 0 saturated carbocycles. The van der Waals surface area contributed by atoms with E-state index in [0.717, 1.165) is 18.6 Å². The minimum atomic E-state index is 0.304. The first-order valence-corrected chi connectivity index (χ1v) is 5.85. The van der Waals surface area contributed by atoms with Crippen LogP contribution in [0.3, 0.4) is 0 Å². The number of furan rings is 1. The van der Waals surface area contributed by atoms with Crippen LogP contribution in [-0.2, 0) is 19.4 Å². The third-order valence-corrected chi connectivity index (χ3v) is 2.50. The molecule has 0 spiro atoms. The lowest BCUT2D eigenvalue weighted by molar-refractivity contribution is 0.405. The van der Waals surface area contributed by atoms with Gasteiger partial charge in [-0.05, 0) is 19.1 Å². The second-order valence-electron chi connectivity index (χ2n) is 4.01. The molecule has 2 rings (SSSR count). The maximum Gasteiger partial charge on any atom is 0.230 e. The molecule has 5 nitrogen and oxygen atoms in total. The molecule has 92 valence electrons. The fourth-order valence-corrected chi connectivity index (χ4v) is 1.57. The first-order chi connectivity index (χ1) is 8.28. The van der Waals surface area contributed by atoms with Crippen LogP contribution in [0.1, 0.15) is 31.4 Å². The average molecular weight is 235 g/mol. The predicted octanol–water partition coefficient (Wildman–Crippen LogP) is 1.95. The summed E-state index contributed by atoms with van der Waals surface area (Å²) in [6.07, 6.45) is 3.31. The molecule has 2 heterocycles. The Morgan fingerprint density at radius 3 is 2.82 bits per heavy atom. The van der Waals surface area contributed by atoms with Crippen LogP contribution in [0, 0.1) is 0 Å². The fourth-order valence-electron chi connectivity index (χ4n) is 1.57. The topological polar surface area (TPSA) is 64.1 Å². The molecule has 0 saturated heterocycles. The molecule has 0 fully saturated rings. The highest BCUT2D eigenvalue weighted by atomic mass is 16.4. The number of aromatic nitrogens is 2. The number of rotatable bonds is 6. The molecule has 0 amide bonds. The molecule has 0 aliphatic rings. The van der Waals surface area contributed by atoms with Gasteiger partial charge in [0.15, 0.2) is 0 Å². The zero-order valence-electron chi connectivity index (χ0n) is 10.1. The standard InChI is InChI=1S/C12H17N3O2/c1-3-11-14-15-12(17-11)8-13-9(2)7-10-5-4-6-16-10/h4-6,9,13H,3,7-8H2,1-2H3/t9-/m1/s1. The van der Waals surface area contributed by atoms with Gasteiger partial charge in [0.05, 0.1) is 12.8 Å². The molecule has 0 radical (unpaired) electrons. The highest BCUT2D eigenvalue weighted by molar-refractivity contribution is 5.00. The van der Waals surface area contributed by atoms with E-state index < -0.39 is 0 Å². The van der Waals surface area contributed by atoms with Crippen molar-refractivity contribution in [1.29, 1.82) is 0 Å². The van der Waals surface area contributed by atoms with Crippen molar-refractivity contribution in [3.05, 3.63) is 35.9 Å². The Kier molecular flexibility index (Phi) is 3.93. The number of aryl methyl sites for hydroxylation is 1. The molecule has 0 aliphatic carbocycles. The summed E-state index contributed by atoms with van der Waals surface area (Å²) in [5.41, 5.74) is 0. The summed E-state index contributed by atoms with van der Waals surface area (Å²) >= 11 is 0. The largest absolute Gasteiger partial charge is 0.469 e. The van der Waals surface area contributed by atoms with Crippen LogP contribution in [0.4, 0.5) is 0 Å². The van der Waals surface area contributed by atoms with Crippen LogP contribution in [0.5, 0.6) is 0 Å². The minimum Gasteiger partial charge on any atom is -0.469 e. The zero-order chi connectivity index (χ0) is 12.1. The molecule has 1 atom stereocenters. The number of hydrogen-bond acceptors (Lipinski definition) is 5. The predicted molar refractivity (Wildman–Crippen MR) is 62.4 cm³/mol. The summed E-state index contributed by atoms with van der Waals surface area (Å²) in [6.45, 7) is 4.68. The van der Waals surface area contributed by atoms with Crippen LogP contribution in [0.2, 0.25) is 0 Å². The van der Waals surface area contributed by atoms with E-state index >= 15 is 0 Å². The van der Waals surface area contributed by atoms with Crippen molar-refractivity contribution in [3.8, 4) is 0 Å². The maximum atomic E-state index is 5.41. The van der Waals surface area contributed by atoms with Gasteiger partial charge in [-0.25, -0.2) is 0 Å². The molecule has 1 N–H and O–H groups in total. The molecule has 5 heteroatoms. The molecule has 2 aromatic heterocycles. The molecule has 0 aromatic carbocycles. The van der Waals surface area contributed by atoms with Crippen molar-refractivity contribution in [1.82, 2.24) is 15.5 Å². The molecule has 0 unspecified atom stereocenters. The van der Waals surface area contributed by atoms with E-state index in [9.17, 15) is 0 Å². The van der Waals surface area contributed by atoms with Crippen molar-refractivity contribution >= 4 is 0 Å². The normalized spacial score (nSPS) is 12.8. The van der Waals surface area contributed by atoms with Crippen LogP contribution in [0.15, 0.2) is 27.2 Å². The second kappa shape index (κ2) is 5.63. The fraction of sp³-hybridized carbons (Fsp3) is 0.500. The average Bonchev–Trinajstić information content (AvgIpc) is 2.96. The molecular formula is C12H17N3O2. The van der Waals surface area contributed by atoms with Crippen molar-refractivity contribution < 1.29 is 8.83 Å². The van der Waals surface area contributed by atoms with E-state index in [2.05, 4.69) is 22.4 Å². The second-order valence-corrected chi connectivity index (χ2v) is 4.01. The molecule has 0 bridgehead atoms. The Labute approximate surface area is 100 Å². The van der Waals surface area contributed by atoms with Crippen LogP contribution < -0.4 is 5.32 Å².